The molecular weight excluding hydrogens is 455 g/mol. The minimum absolute atomic E-state index is 0. The van der Waals surface area contributed by atoms with Crippen LogP contribution in [0.3, 0.4) is 0 Å². The maximum Gasteiger partial charge on any atom is 1.00 e. The summed E-state index contributed by atoms with van der Waals surface area (Å²) in [4.78, 5) is 11.1. The number of hydrogen-bond donors (Lipinski definition) is 1. The summed E-state index contributed by atoms with van der Waals surface area (Å²) in [6, 6.07) is 10.9. The van der Waals surface area contributed by atoms with E-state index in [2.05, 4.69) is 27.7 Å². The Hall–Kier alpha value is -1.73. The van der Waals surface area contributed by atoms with Crippen LogP contribution in [0.4, 0.5) is 0 Å². The van der Waals surface area contributed by atoms with Crippen LogP contribution in [0.5, 0.6) is 17.2 Å². The molecule has 0 aliphatic carbocycles. The third kappa shape index (κ3) is 10.8. The van der Waals surface area contributed by atoms with E-state index in [1.807, 2.05) is 32.0 Å². The van der Waals surface area contributed by atoms with E-state index in [1.54, 1.807) is 18.2 Å². The van der Waals surface area contributed by atoms with Gasteiger partial charge < -0.3 is 29.2 Å². The quantitative estimate of drug-likeness (QED) is 0.401. The van der Waals surface area contributed by atoms with E-state index in [4.69, 9.17) is 14.2 Å². The van der Waals surface area contributed by atoms with E-state index in [1.165, 1.54) is 0 Å². The molecule has 0 aromatic heterocycles. The van der Waals surface area contributed by atoms with Crippen molar-refractivity contribution >= 4 is 5.97 Å². The number of aliphatic hydroxyl groups is 1. The first-order chi connectivity index (χ1) is 16.1. The van der Waals surface area contributed by atoms with E-state index in [0.29, 0.717) is 65.9 Å². The number of carbonyl (C=O) groups is 1. The van der Waals surface area contributed by atoms with Crippen LogP contribution in [0, 0.1) is 17.8 Å². The molecule has 0 heterocycles. The average Bonchev–Trinajstić information content (AvgIpc) is 2.78. The Morgan fingerprint density at radius 2 is 1.40 bits per heavy atom. The molecule has 0 spiro atoms. The second-order valence-electron chi connectivity index (χ2n) is 9.96. The van der Waals surface area contributed by atoms with Gasteiger partial charge in [0.25, 0.3) is 0 Å². The summed E-state index contributed by atoms with van der Waals surface area (Å²) in [7, 11) is 0. The number of carbonyl (C=O) groups excluding carboxylic acids is 1. The number of carboxylic acid groups (broad SMARTS) is 1. The van der Waals surface area contributed by atoms with E-state index in [9.17, 15) is 15.0 Å². The molecule has 0 aliphatic heterocycles. The molecule has 2 rings (SSSR count). The van der Waals surface area contributed by atoms with Gasteiger partial charge in [0.15, 0.2) is 0 Å². The summed E-state index contributed by atoms with van der Waals surface area (Å²) >= 11 is 0. The number of aryl methyl sites for hydroxylation is 1. The molecule has 0 fully saturated rings. The first-order valence-corrected chi connectivity index (χ1v) is 12.1. The molecule has 1 N–H and O–H groups in total. The third-order valence-electron chi connectivity index (χ3n) is 5.01. The van der Waals surface area contributed by atoms with Gasteiger partial charge in [-0.3, -0.25) is 0 Å². The van der Waals surface area contributed by atoms with Gasteiger partial charge in [0.05, 0.1) is 19.8 Å². The first kappa shape index (κ1) is 31.3. The van der Waals surface area contributed by atoms with Gasteiger partial charge in [-0.15, -0.1) is 0 Å². The third-order valence-corrected chi connectivity index (χ3v) is 5.01. The standard InChI is InChI=1S/C28H40O6.Na/c1-18(2)15-32-23-9-10-24(26(14-23)34-17-20(5)6)28(31)22-7-11-25(33-16-19(3)4)21(13-22)8-12-27(29)30;/h7,9-11,13-14,18-20,28,31H,8,12,15-17H2,1-6H3,(H,29,30);/q;+1/p-1. The van der Waals surface area contributed by atoms with E-state index < -0.39 is 12.1 Å². The van der Waals surface area contributed by atoms with Gasteiger partial charge >= 0.3 is 29.6 Å². The van der Waals surface area contributed by atoms with Crippen LogP contribution in [-0.2, 0) is 11.2 Å². The van der Waals surface area contributed by atoms with Gasteiger partial charge in [-0.2, -0.15) is 0 Å². The number of aliphatic hydroxyl groups excluding tert-OH is 1. The molecule has 1 unspecified atom stereocenters. The van der Waals surface area contributed by atoms with Crippen molar-refractivity contribution in [3.05, 3.63) is 53.1 Å². The molecule has 1 atom stereocenters. The van der Waals surface area contributed by atoms with Crippen LogP contribution in [0.2, 0.25) is 0 Å². The Kier molecular flexibility index (Phi) is 13.8. The zero-order valence-corrected chi connectivity index (χ0v) is 24.3. The maximum atomic E-state index is 11.3. The monoisotopic (exact) mass is 494 g/mol. The summed E-state index contributed by atoms with van der Waals surface area (Å²) in [5, 5.41) is 22.3. The predicted octanol–water partition coefficient (Wildman–Crippen LogP) is 1.56. The Morgan fingerprint density at radius 3 is 1.97 bits per heavy atom. The zero-order valence-electron chi connectivity index (χ0n) is 22.3. The van der Waals surface area contributed by atoms with Crippen LogP contribution in [0.1, 0.15) is 70.8 Å². The Balaban J connectivity index is 0.00000612. The largest absolute Gasteiger partial charge is 1.00 e. The summed E-state index contributed by atoms with van der Waals surface area (Å²) in [6.07, 6.45) is -0.820. The van der Waals surface area contributed by atoms with Crippen molar-refractivity contribution in [1.82, 2.24) is 0 Å². The Bertz CT molecular complexity index is 926. The molecule has 35 heavy (non-hydrogen) atoms. The number of hydrogen-bond acceptors (Lipinski definition) is 6. The van der Waals surface area contributed by atoms with E-state index in [0.717, 1.165) is 5.56 Å². The van der Waals surface area contributed by atoms with Gasteiger partial charge in [-0.1, -0.05) is 47.6 Å². The number of carboxylic acids is 1. The SMILES string of the molecule is CC(C)COc1ccc(C(O)c2ccc(OCC(C)C)c(CCC(=O)[O-])c2)c(OCC(C)C)c1.[Na+]. The van der Waals surface area contributed by atoms with Gasteiger partial charge in [0, 0.05) is 17.6 Å². The molecule has 6 nitrogen and oxygen atoms in total. The second-order valence-corrected chi connectivity index (χ2v) is 9.96. The molecule has 188 valence electrons. The molecule has 0 amide bonds. The fourth-order valence-corrected chi connectivity index (χ4v) is 3.25. The molecule has 0 saturated heterocycles. The number of rotatable bonds is 14. The number of ether oxygens (including phenoxy) is 3. The molecule has 7 heteroatoms. The number of aliphatic carboxylic acids is 1. The summed E-state index contributed by atoms with van der Waals surface area (Å²) in [5.74, 6) is 1.80. The van der Waals surface area contributed by atoms with Crippen molar-refractivity contribution in [3.8, 4) is 17.2 Å². The molecule has 2 aromatic rings. The Morgan fingerprint density at radius 1 is 0.829 bits per heavy atom. The van der Waals surface area contributed by atoms with Gasteiger partial charge in [-0.25, -0.2) is 0 Å². The van der Waals surface area contributed by atoms with Crippen molar-refractivity contribution in [1.29, 1.82) is 0 Å². The van der Waals surface area contributed by atoms with Gasteiger partial charge in [0.2, 0.25) is 0 Å². The van der Waals surface area contributed by atoms with E-state index in [-0.39, 0.29) is 42.4 Å². The van der Waals surface area contributed by atoms with Crippen molar-refractivity contribution in [2.24, 2.45) is 17.8 Å². The van der Waals surface area contributed by atoms with Crippen LogP contribution in [0.25, 0.3) is 0 Å². The first-order valence-electron chi connectivity index (χ1n) is 12.1. The second kappa shape index (κ2) is 15.4. The fraction of sp³-hybridized carbons (Fsp3) is 0.536. The molecule has 0 radical (unpaired) electrons. The summed E-state index contributed by atoms with van der Waals surface area (Å²) < 4.78 is 17.8. The van der Waals surface area contributed by atoms with Crippen molar-refractivity contribution in [2.75, 3.05) is 19.8 Å². The molecule has 0 aliphatic rings. The minimum Gasteiger partial charge on any atom is -0.550 e. The molecule has 0 bridgehead atoms. The average molecular weight is 495 g/mol. The number of benzene rings is 2. The molecular formula is C28H39NaO6. The van der Waals surface area contributed by atoms with Crippen molar-refractivity contribution in [2.45, 2.75) is 60.5 Å². The van der Waals surface area contributed by atoms with E-state index >= 15 is 0 Å². The fourth-order valence-electron chi connectivity index (χ4n) is 3.25. The van der Waals surface area contributed by atoms with Crippen molar-refractivity contribution < 1.29 is 58.8 Å². The smallest absolute Gasteiger partial charge is 0.550 e. The topological polar surface area (TPSA) is 88.0 Å². The van der Waals surface area contributed by atoms with Crippen LogP contribution < -0.4 is 48.9 Å². The normalized spacial score (nSPS) is 11.9. The predicted molar refractivity (Wildman–Crippen MR) is 131 cm³/mol. The van der Waals surface area contributed by atoms with Crippen molar-refractivity contribution in [3.63, 3.8) is 0 Å². The van der Waals surface area contributed by atoms with Crippen LogP contribution in [0.15, 0.2) is 36.4 Å². The molecule has 0 saturated carbocycles. The maximum absolute atomic E-state index is 11.3. The van der Waals surface area contributed by atoms with Gasteiger partial charge in [-0.05, 0) is 66.0 Å². The van der Waals surface area contributed by atoms with Crippen LogP contribution >= 0.6 is 0 Å². The van der Waals surface area contributed by atoms with Crippen LogP contribution in [-0.4, -0.2) is 30.9 Å². The zero-order chi connectivity index (χ0) is 25.3. The minimum atomic E-state index is -1.12. The van der Waals surface area contributed by atoms with Gasteiger partial charge in [0.1, 0.15) is 23.4 Å². The Labute approximate surface area is 232 Å². The summed E-state index contributed by atoms with van der Waals surface area (Å²) in [6.45, 7) is 14.0. The molecule has 2 aromatic carbocycles. The summed E-state index contributed by atoms with van der Waals surface area (Å²) in [5.41, 5.74) is 1.98.